The standard InChI is InChI=1S/C28H27BNO/c1-2-10-22(11-3-1)27-28(31-29-30-27,25-16-14-20-8-4-6-12-23(20)18-25)26-17-15-21-9-5-7-13-24(21)19-26/h4-9,12-19,22,27,30H,1-3,10-11H2/t27-/m1/s1. The van der Waals surface area contributed by atoms with E-state index in [1.165, 1.54) is 64.8 Å². The predicted octanol–water partition coefficient (Wildman–Crippen LogP) is 6.34. The first-order chi connectivity index (χ1) is 15.3. The molecular weight excluding hydrogens is 377 g/mol. The lowest BCUT2D eigenvalue weighted by atomic mass is 9.71. The molecule has 1 heterocycles. The number of hydrogen-bond acceptors (Lipinski definition) is 2. The number of benzene rings is 4. The molecule has 3 heteroatoms. The number of hydrogen-bond donors (Lipinski definition) is 1. The molecule has 31 heavy (non-hydrogen) atoms. The van der Waals surface area contributed by atoms with Gasteiger partial charge in [-0.25, -0.2) is 0 Å². The van der Waals surface area contributed by atoms with Crippen molar-refractivity contribution in [3.8, 4) is 0 Å². The molecule has 1 aliphatic heterocycles. The Hall–Kier alpha value is -2.62. The molecule has 1 N–H and O–H groups in total. The third-order valence-corrected chi connectivity index (χ3v) is 7.41. The molecule has 6 rings (SSSR count). The van der Waals surface area contributed by atoms with Gasteiger partial charge in [0.15, 0.2) is 0 Å². The fourth-order valence-electron chi connectivity index (χ4n) is 5.83. The summed E-state index contributed by atoms with van der Waals surface area (Å²) in [6.45, 7) is 0. The van der Waals surface area contributed by atoms with Crippen molar-refractivity contribution >= 4 is 29.2 Å². The Balaban J connectivity index is 1.56. The van der Waals surface area contributed by atoms with Crippen molar-refractivity contribution in [1.29, 1.82) is 0 Å². The van der Waals surface area contributed by atoms with E-state index in [1.807, 2.05) is 7.62 Å². The smallest absolute Gasteiger partial charge is 0.397 e. The monoisotopic (exact) mass is 404 g/mol. The van der Waals surface area contributed by atoms with Crippen LogP contribution in [0, 0.1) is 5.92 Å². The maximum absolute atomic E-state index is 6.64. The second kappa shape index (κ2) is 7.82. The maximum Gasteiger partial charge on any atom is 0.397 e. The Kier molecular flexibility index (Phi) is 4.82. The van der Waals surface area contributed by atoms with E-state index in [2.05, 4.69) is 90.2 Å². The van der Waals surface area contributed by atoms with Crippen LogP contribution in [0.3, 0.4) is 0 Å². The Morgan fingerprint density at radius 2 is 1.23 bits per heavy atom. The molecule has 4 aromatic rings. The average Bonchev–Trinajstić information content (AvgIpc) is 3.30. The molecule has 1 aliphatic carbocycles. The zero-order valence-corrected chi connectivity index (χ0v) is 17.8. The van der Waals surface area contributed by atoms with Crippen LogP contribution in [0.15, 0.2) is 84.9 Å². The normalized spacial score (nSPS) is 21.4. The van der Waals surface area contributed by atoms with Crippen molar-refractivity contribution in [2.24, 2.45) is 5.92 Å². The van der Waals surface area contributed by atoms with E-state index >= 15 is 0 Å². The minimum Gasteiger partial charge on any atom is -0.409 e. The zero-order valence-electron chi connectivity index (χ0n) is 17.8. The first-order valence-electron chi connectivity index (χ1n) is 11.6. The molecule has 1 saturated heterocycles. The number of fused-ring (bicyclic) bond motifs is 2. The van der Waals surface area contributed by atoms with Crippen molar-refractivity contribution in [2.45, 2.75) is 43.7 Å². The fraction of sp³-hybridized carbons (Fsp3) is 0.286. The van der Waals surface area contributed by atoms with Crippen molar-refractivity contribution in [2.75, 3.05) is 0 Å². The third kappa shape index (κ3) is 3.19. The average molecular weight is 404 g/mol. The third-order valence-electron chi connectivity index (χ3n) is 7.41. The van der Waals surface area contributed by atoms with E-state index in [4.69, 9.17) is 4.65 Å². The second-order valence-corrected chi connectivity index (χ2v) is 9.14. The fourth-order valence-corrected chi connectivity index (χ4v) is 5.83. The Morgan fingerprint density at radius 1 is 0.677 bits per heavy atom. The van der Waals surface area contributed by atoms with E-state index in [9.17, 15) is 0 Å². The van der Waals surface area contributed by atoms with Crippen molar-refractivity contribution in [1.82, 2.24) is 5.23 Å². The van der Waals surface area contributed by atoms with Crippen LogP contribution in [0.1, 0.15) is 43.2 Å². The van der Waals surface area contributed by atoms with Gasteiger partial charge in [-0.1, -0.05) is 92.1 Å². The van der Waals surface area contributed by atoms with Gasteiger partial charge in [-0.3, -0.25) is 0 Å². The van der Waals surface area contributed by atoms with Gasteiger partial charge in [-0.15, -0.1) is 0 Å². The van der Waals surface area contributed by atoms with Gasteiger partial charge in [0.25, 0.3) is 0 Å². The summed E-state index contributed by atoms with van der Waals surface area (Å²) < 4.78 is 6.64. The molecule has 0 bridgehead atoms. The highest BCUT2D eigenvalue weighted by molar-refractivity contribution is 6.25. The zero-order chi connectivity index (χ0) is 20.7. The molecular formula is C28H27BNO. The molecule has 0 spiro atoms. The van der Waals surface area contributed by atoms with Crippen LogP contribution < -0.4 is 5.23 Å². The summed E-state index contributed by atoms with van der Waals surface area (Å²) in [5.41, 5.74) is 1.95. The molecule has 0 amide bonds. The summed E-state index contributed by atoms with van der Waals surface area (Å²) in [4.78, 5) is 0. The van der Waals surface area contributed by atoms with Crippen LogP contribution in [0.2, 0.25) is 0 Å². The molecule has 1 radical (unpaired) electrons. The molecule has 2 fully saturated rings. The summed E-state index contributed by atoms with van der Waals surface area (Å²) in [6.07, 6.45) is 6.50. The van der Waals surface area contributed by atoms with E-state index in [0.717, 1.165) is 0 Å². The number of rotatable bonds is 3. The second-order valence-electron chi connectivity index (χ2n) is 9.14. The maximum atomic E-state index is 6.64. The van der Waals surface area contributed by atoms with Crippen LogP contribution in [0.25, 0.3) is 21.5 Å². The molecule has 0 unspecified atom stereocenters. The van der Waals surface area contributed by atoms with Gasteiger partial charge >= 0.3 is 7.62 Å². The lowest BCUT2D eigenvalue weighted by Crippen LogP contribution is -2.47. The highest BCUT2D eigenvalue weighted by Crippen LogP contribution is 2.46. The van der Waals surface area contributed by atoms with E-state index in [-0.39, 0.29) is 6.04 Å². The molecule has 0 aromatic heterocycles. The van der Waals surface area contributed by atoms with Gasteiger partial charge < -0.3 is 9.88 Å². The Labute approximate surface area is 184 Å². The SMILES string of the molecule is [B]1N[C@H](C2CCCCC2)C(c2ccc3ccccc3c2)(c2ccc3ccccc3c2)O1. The summed E-state index contributed by atoms with van der Waals surface area (Å²) in [6, 6.07) is 31.1. The summed E-state index contributed by atoms with van der Waals surface area (Å²) in [7, 11) is 1.85. The molecule has 153 valence electrons. The summed E-state index contributed by atoms with van der Waals surface area (Å²) in [5, 5.41) is 8.72. The minimum atomic E-state index is -0.518. The van der Waals surface area contributed by atoms with E-state index < -0.39 is 5.60 Å². The van der Waals surface area contributed by atoms with Crippen LogP contribution >= 0.6 is 0 Å². The van der Waals surface area contributed by atoms with Crippen LogP contribution in [-0.2, 0) is 10.3 Å². The quantitative estimate of drug-likeness (QED) is 0.403. The Bertz CT molecular complexity index is 1150. The molecule has 4 aromatic carbocycles. The van der Waals surface area contributed by atoms with Crippen molar-refractivity contribution < 1.29 is 4.65 Å². The summed E-state index contributed by atoms with van der Waals surface area (Å²) >= 11 is 0. The first-order valence-corrected chi connectivity index (χ1v) is 11.6. The van der Waals surface area contributed by atoms with Gasteiger partial charge in [0.2, 0.25) is 0 Å². The van der Waals surface area contributed by atoms with Crippen LogP contribution in [0.4, 0.5) is 0 Å². The molecule has 2 aliphatic rings. The molecule has 2 nitrogen and oxygen atoms in total. The molecule has 1 atom stereocenters. The number of nitrogens with one attached hydrogen (secondary N) is 1. The first kappa shape index (κ1) is 19.1. The highest BCUT2D eigenvalue weighted by Gasteiger charge is 2.50. The minimum absolute atomic E-state index is 0.232. The van der Waals surface area contributed by atoms with Crippen LogP contribution in [-0.4, -0.2) is 13.7 Å². The van der Waals surface area contributed by atoms with Gasteiger partial charge in [-0.05, 0) is 63.6 Å². The van der Waals surface area contributed by atoms with Crippen molar-refractivity contribution in [3.05, 3.63) is 96.1 Å². The molecule has 1 saturated carbocycles. The predicted molar refractivity (Wildman–Crippen MR) is 129 cm³/mol. The lowest BCUT2D eigenvalue weighted by molar-refractivity contribution is 0.0807. The van der Waals surface area contributed by atoms with E-state index in [1.54, 1.807) is 0 Å². The Morgan fingerprint density at radius 3 is 1.81 bits per heavy atom. The largest absolute Gasteiger partial charge is 0.409 e. The van der Waals surface area contributed by atoms with Gasteiger partial charge in [0.1, 0.15) is 5.60 Å². The van der Waals surface area contributed by atoms with Gasteiger partial charge in [0, 0.05) is 6.04 Å². The topological polar surface area (TPSA) is 21.3 Å². The highest BCUT2D eigenvalue weighted by atomic mass is 16.5. The van der Waals surface area contributed by atoms with Crippen molar-refractivity contribution in [3.63, 3.8) is 0 Å². The lowest BCUT2D eigenvalue weighted by Gasteiger charge is -2.41. The van der Waals surface area contributed by atoms with Gasteiger partial charge in [0.05, 0.1) is 0 Å². The van der Waals surface area contributed by atoms with Gasteiger partial charge in [-0.2, -0.15) is 0 Å². The van der Waals surface area contributed by atoms with E-state index in [0.29, 0.717) is 5.92 Å². The van der Waals surface area contributed by atoms with Crippen LogP contribution in [0.5, 0.6) is 0 Å². The summed E-state index contributed by atoms with van der Waals surface area (Å²) in [5.74, 6) is 0.602.